The first-order chi connectivity index (χ1) is 9.70. The van der Waals surface area contributed by atoms with Gasteiger partial charge in [-0.15, -0.1) is 0 Å². The summed E-state index contributed by atoms with van der Waals surface area (Å²) in [5.74, 6) is 0.335. The van der Waals surface area contributed by atoms with Crippen LogP contribution in [0.2, 0.25) is 0 Å². The van der Waals surface area contributed by atoms with Gasteiger partial charge in [0.15, 0.2) is 5.75 Å². The van der Waals surface area contributed by atoms with Crippen molar-refractivity contribution in [1.82, 2.24) is 5.32 Å². The normalized spacial score (nSPS) is 18.1. The monoisotopic (exact) mass is 280 g/mol. The van der Waals surface area contributed by atoms with Crippen molar-refractivity contribution >= 4 is 5.69 Å². The average Bonchev–Trinajstić information content (AvgIpc) is 2.92. The van der Waals surface area contributed by atoms with E-state index in [-0.39, 0.29) is 11.8 Å². The molecule has 1 atom stereocenters. The first kappa shape index (κ1) is 14.7. The van der Waals surface area contributed by atoms with Crippen LogP contribution in [0.25, 0.3) is 0 Å². The Morgan fingerprint density at radius 2 is 2.40 bits per heavy atom. The van der Waals surface area contributed by atoms with Gasteiger partial charge in [0.2, 0.25) is 0 Å². The first-order valence-electron chi connectivity index (χ1n) is 6.93. The lowest BCUT2D eigenvalue weighted by atomic mass is 10.2. The van der Waals surface area contributed by atoms with Crippen LogP contribution >= 0.6 is 0 Å². The Balaban J connectivity index is 2.11. The van der Waals surface area contributed by atoms with E-state index in [0.29, 0.717) is 25.5 Å². The maximum Gasteiger partial charge on any atom is 0.310 e. The predicted molar refractivity (Wildman–Crippen MR) is 74.9 cm³/mol. The van der Waals surface area contributed by atoms with E-state index in [9.17, 15) is 10.1 Å². The summed E-state index contributed by atoms with van der Waals surface area (Å²) in [7, 11) is 0. The van der Waals surface area contributed by atoms with E-state index in [1.165, 1.54) is 6.07 Å². The lowest BCUT2D eigenvalue weighted by molar-refractivity contribution is -0.386. The quantitative estimate of drug-likeness (QED) is 0.471. The molecule has 6 nitrogen and oxygen atoms in total. The van der Waals surface area contributed by atoms with Crippen molar-refractivity contribution in [3.63, 3.8) is 0 Å². The van der Waals surface area contributed by atoms with E-state index in [1.807, 2.05) is 0 Å². The van der Waals surface area contributed by atoms with Gasteiger partial charge in [-0.1, -0.05) is 13.0 Å². The number of ether oxygens (including phenoxy) is 2. The van der Waals surface area contributed by atoms with Crippen molar-refractivity contribution in [1.29, 1.82) is 0 Å². The molecular weight excluding hydrogens is 260 g/mol. The molecule has 1 heterocycles. The molecule has 1 saturated heterocycles. The molecule has 1 aliphatic rings. The van der Waals surface area contributed by atoms with Crippen molar-refractivity contribution in [2.24, 2.45) is 0 Å². The molecule has 0 aromatic heterocycles. The summed E-state index contributed by atoms with van der Waals surface area (Å²) in [5.41, 5.74) is 0.995. The van der Waals surface area contributed by atoms with Crippen LogP contribution in [0.4, 0.5) is 5.69 Å². The summed E-state index contributed by atoms with van der Waals surface area (Å²) in [6.07, 6.45) is 1.73. The van der Waals surface area contributed by atoms with E-state index in [0.717, 1.165) is 24.9 Å². The zero-order chi connectivity index (χ0) is 14.4. The van der Waals surface area contributed by atoms with Crippen LogP contribution in [0.1, 0.15) is 25.3 Å². The Morgan fingerprint density at radius 3 is 3.05 bits per heavy atom. The number of nitrogens with zero attached hydrogens (tertiary/aromatic N) is 1. The van der Waals surface area contributed by atoms with Gasteiger partial charge < -0.3 is 14.8 Å². The summed E-state index contributed by atoms with van der Waals surface area (Å²) in [6, 6.07) is 5.02. The Labute approximate surface area is 118 Å². The molecule has 1 aromatic carbocycles. The van der Waals surface area contributed by atoms with Gasteiger partial charge in [-0.05, 0) is 24.6 Å². The molecule has 2 rings (SSSR count). The molecular formula is C14H20N2O4. The maximum absolute atomic E-state index is 11.0. The maximum atomic E-state index is 11.0. The summed E-state index contributed by atoms with van der Waals surface area (Å²) in [6.45, 7) is 4.84. The van der Waals surface area contributed by atoms with Gasteiger partial charge in [-0.2, -0.15) is 0 Å². The molecule has 0 amide bonds. The average molecular weight is 280 g/mol. The van der Waals surface area contributed by atoms with Crippen molar-refractivity contribution in [2.45, 2.75) is 32.4 Å². The van der Waals surface area contributed by atoms with E-state index >= 15 is 0 Å². The van der Waals surface area contributed by atoms with Crippen molar-refractivity contribution < 1.29 is 14.4 Å². The van der Waals surface area contributed by atoms with E-state index in [4.69, 9.17) is 9.47 Å². The van der Waals surface area contributed by atoms with Crippen LogP contribution in [0.15, 0.2) is 18.2 Å². The molecule has 1 fully saturated rings. The van der Waals surface area contributed by atoms with Gasteiger partial charge in [-0.25, -0.2) is 0 Å². The molecule has 1 aromatic rings. The van der Waals surface area contributed by atoms with Crippen molar-refractivity contribution in [3.8, 4) is 5.75 Å². The molecule has 0 radical (unpaired) electrons. The highest BCUT2D eigenvalue weighted by Crippen LogP contribution is 2.30. The fraction of sp³-hybridized carbons (Fsp3) is 0.571. The van der Waals surface area contributed by atoms with Gasteiger partial charge >= 0.3 is 5.69 Å². The second-order valence-corrected chi connectivity index (χ2v) is 4.84. The Hall–Kier alpha value is -1.66. The number of rotatable bonds is 7. The number of hydrogen-bond acceptors (Lipinski definition) is 5. The van der Waals surface area contributed by atoms with Crippen LogP contribution in [-0.4, -0.2) is 30.8 Å². The third-order valence-corrected chi connectivity index (χ3v) is 3.16. The van der Waals surface area contributed by atoms with Crippen LogP contribution < -0.4 is 10.1 Å². The largest absolute Gasteiger partial charge is 0.481 e. The number of nitro benzene ring substituents is 1. The summed E-state index contributed by atoms with van der Waals surface area (Å²) < 4.78 is 11.0. The molecule has 20 heavy (non-hydrogen) atoms. The lowest BCUT2D eigenvalue weighted by Crippen LogP contribution is -2.17. The third-order valence-electron chi connectivity index (χ3n) is 3.16. The Morgan fingerprint density at radius 1 is 1.55 bits per heavy atom. The smallest absolute Gasteiger partial charge is 0.310 e. The third kappa shape index (κ3) is 3.91. The molecule has 0 aliphatic carbocycles. The van der Waals surface area contributed by atoms with E-state index < -0.39 is 4.92 Å². The standard InChI is InChI=1S/C14H20N2O4/c1-2-6-15-9-11-3-4-13(16(17)18)14(8-11)20-12-5-7-19-10-12/h3-4,8,12,15H,2,5-7,9-10H2,1H3. The van der Waals surface area contributed by atoms with Crippen LogP contribution in [-0.2, 0) is 11.3 Å². The molecule has 1 N–H and O–H groups in total. The summed E-state index contributed by atoms with van der Waals surface area (Å²) >= 11 is 0. The number of benzene rings is 1. The van der Waals surface area contributed by atoms with Crippen molar-refractivity contribution in [3.05, 3.63) is 33.9 Å². The zero-order valence-electron chi connectivity index (χ0n) is 11.6. The van der Waals surface area contributed by atoms with E-state index in [2.05, 4.69) is 12.2 Å². The highest BCUT2D eigenvalue weighted by atomic mass is 16.6. The molecule has 0 spiro atoms. The number of nitrogens with one attached hydrogen (secondary N) is 1. The molecule has 110 valence electrons. The van der Waals surface area contributed by atoms with Gasteiger partial charge in [0.1, 0.15) is 6.10 Å². The molecule has 1 aliphatic heterocycles. The highest BCUT2D eigenvalue weighted by molar-refractivity contribution is 5.48. The molecule has 6 heteroatoms. The molecule has 1 unspecified atom stereocenters. The minimum Gasteiger partial charge on any atom is -0.481 e. The topological polar surface area (TPSA) is 73.6 Å². The van der Waals surface area contributed by atoms with Gasteiger partial charge in [0, 0.05) is 19.0 Å². The summed E-state index contributed by atoms with van der Waals surface area (Å²) in [5, 5.41) is 14.3. The fourth-order valence-electron chi connectivity index (χ4n) is 2.11. The first-order valence-corrected chi connectivity index (χ1v) is 6.93. The Bertz CT molecular complexity index is 458. The van der Waals surface area contributed by atoms with Gasteiger partial charge in [0.05, 0.1) is 18.1 Å². The highest BCUT2D eigenvalue weighted by Gasteiger charge is 2.22. The van der Waals surface area contributed by atoms with Gasteiger partial charge in [0.25, 0.3) is 0 Å². The van der Waals surface area contributed by atoms with Crippen LogP contribution in [0.3, 0.4) is 0 Å². The minimum atomic E-state index is -0.408. The second kappa shape index (κ2) is 7.21. The number of nitro groups is 1. The zero-order valence-corrected chi connectivity index (χ0v) is 11.6. The van der Waals surface area contributed by atoms with Crippen LogP contribution in [0, 0.1) is 10.1 Å². The minimum absolute atomic E-state index is 0.0103. The number of hydrogen-bond donors (Lipinski definition) is 1. The van der Waals surface area contributed by atoms with E-state index in [1.54, 1.807) is 12.1 Å². The Kier molecular flexibility index (Phi) is 5.31. The van der Waals surface area contributed by atoms with Gasteiger partial charge in [-0.3, -0.25) is 10.1 Å². The summed E-state index contributed by atoms with van der Waals surface area (Å²) in [4.78, 5) is 10.6. The fourth-order valence-corrected chi connectivity index (χ4v) is 2.11. The predicted octanol–water partition coefficient (Wildman–Crippen LogP) is 2.26. The van der Waals surface area contributed by atoms with Crippen molar-refractivity contribution in [2.75, 3.05) is 19.8 Å². The molecule has 0 bridgehead atoms. The van der Waals surface area contributed by atoms with Crippen LogP contribution in [0.5, 0.6) is 5.75 Å². The SMILES string of the molecule is CCCNCc1ccc([N+](=O)[O-])c(OC2CCOC2)c1. The lowest BCUT2D eigenvalue weighted by Gasteiger charge is -2.13. The second-order valence-electron chi connectivity index (χ2n) is 4.84. The molecule has 0 saturated carbocycles.